The van der Waals surface area contributed by atoms with Crippen LogP contribution in [0.15, 0.2) is 18.2 Å². The molecule has 0 radical (unpaired) electrons. The Bertz CT molecular complexity index is 470. The number of benzene rings is 1. The van der Waals surface area contributed by atoms with Crippen LogP contribution in [0.5, 0.6) is 0 Å². The highest BCUT2D eigenvalue weighted by atomic mass is 19.1. The van der Waals surface area contributed by atoms with Gasteiger partial charge in [-0.15, -0.1) is 0 Å². The predicted molar refractivity (Wildman–Crippen MR) is 82.1 cm³/mol. The first kappa shape index (κ1) is 16.2. The van der Waals surface area contributed by atoms with Crippen molar-refractivity contribution in [2.45, 2.75) is 39.0 Å². The number of nitrogens with zero attached hydrogens (tertiary/aromatic N) is 1. The van der Waals surface area contributed by atoms with Crippen molar-refractivity contribution in [2.24, 2.45) is 0 Å². The third-order valence-electron chi connectivity index (χ3n) is 3.85. The summed E-state index contributed by atoms with van der Waals surface area (Å²) >= 11 is 0. The van der Waals surface area contributed by atoms with Gasteiger partial charge in [-0.05, 0) is 38.1 Å². The minimum absolute atomic E-state index is 0.0179. The van der Waals surface area contributed by atoms with E-state index in [0.717, 1.165) is 12.1 Å². The molecule has 0 spiro atoms. The SMILES string of the molecule is CCNC(C)c1ccc(N2CC(C)OC(CO)C2)c(F)c1. The van der Waals surface area contributed by atoms with Crippen LogP contribution in [0.2, 0.25) is 0 Å². The predicted octanol–water partition coefficient (Wildman–Crippen LogP) is 2.08. The average molecular weight is 296 g/mol. The van der Waals surface area contributed by atoms with E-state index in [1.54, 1.807) is 6.07 Å². The number of aliphatic hydroxyl groups excluding tert-OH is 1. The molecule has 21 heavy (non-hydrogen) atoms. The van der Waals surface area contributed by atoms with Crippen LogP contribution < -0.4 is 10.2 Å². The molecule has 1 aromatic rings. The van der Waals surface area contributed by atoms with Gasteiger partial charge in [-0.25, -0.2) is 4.39 Å². The van der Waals surface area contributed by atoms with E-state index < -0.39 is 0 Å². The van der Waals surface area contributed by atoms with Crippen molar-refractivity contribution in [1.82, 2.24) is 5.32 Å². The Morgan fingerprint density at radius 3 is 2.86 bits per heavy atom. The zero-order chi connectivity index (χ0) is 15.4. The molecule has 3 unspecified atom stereocenters. The Kier molecular flexibility index (Phi) is 5.56. The van der Waals surface area contributed by atoms with Crippen LogP contribution in [0.3, 0.4) is 0 Å². The highest BCUT2D eigenvalue weighted by molar-refractivity contribution is 5.50. The molecule has 2 N–H and O–H groups in total. The molecule has 118 valence electrons. The maximum atomic E-state index is 14.4. The molecule has 0 saturated carbocycles. The number of nitrogens with one attached hydrogen (secondary N) is 1. The van der Waals surface area contributed by atoms with E-state index in [0.29, 0.717) is 18.8 Å². The monoisotopic (exact) mass is 296 g/mol. The largest absolute Gasteiger partial charge is 0.394 e. The van der Waals surface area contributed by atoms with Crippen molar-refractivity contribution >= 4 is 5.69 Å². The van der Waals surface area contributed by atoms with Crippen molar-refractivity contribution in [1.29, 1.82) is 0 Å². The van der Waals surface area contributed by atoms with Crippen molar-refractivity contribution < 1.29 is 14.2 Å². The van der Waals surface area contributed by atoms with Gasteiger partial charge < -0.3 is 20.1 Å². The minimum atomic E-state index is -0.256. The Labute approximate surface area is 125 Å². The fourth-order valence-corrected chi connectivity index (χ4v) is 2.82. The van der Waals surface area contributed by atoms with Crippen LogP contribution in [0.1, 0.15) is 32.4 Å². The van der Waals surface area contributed by atoms with E-state index in [1.165, 1.54) is 0 Å². The fourth-order valence-electron chi connectivity index (χ4n) is 2.82. The van der Waals surface area contributed by atoms with Crippen LogP contribution in [-0.4, -0.2) is 43.6 Å². The summed E-state index contributed by atoms with van der Waals surface area (Å²) in [5.41, 5.74) is 1.52. The lowest BCUT2D eigenvalue weighted by Gasteiger charge is -2.37. The molecule has 1 fully saturated rings. The number of hydrogen-bond acceptors (Lipinski definition) is 4. The van der Waals surface area contributed by atoms with Crippen LogP contribution in [-0.2, 0) is 4.74 Å². The van der Waals surface area contributed by atoms with E-state index in [4.69, 9.17) is 4.74 Å². The standard InChI is InChI=1S/C16H25FN2O2/c1-4-18-12(3)13-5-6-16(15(17)7-13)19-8-11(2)21-14(9-19)10-20/h5-7,11-12,14,18,20H,4,8-10H2,1-3H3. The molecule has 0 aliphatic carbocycles. The van der Waals surface area contributed by atoms with Crippen LogP contribution in [0, 0.1) is 5.82 Å². The number of hydrogen-bond donors (Lipinski definition) is 2. The second-order valence-electron chi connectivity index (χ2n) is 5.65. The molecule has 4 nitrogen and oxygen atoms in total. The normalized spacial score (nSPS) is 24.1. The molecule has 3 atom stereocenters. The number of morpholine rings is 1. The quantitative estimate of drug-likeness (QED) is 0.873. The van der Waals surface area contributed by atoms with Gasteiger partial charge in [0.25, 0.3) is 0 Å². The maximum Gasteiger partial charge on any atom is 0.146 e. The van der Waals surface area contributed by atoms with E-state index in [9.17, 15) is 9.50 Å². The van der Waals surface area contributed by atoms with Gasteiger partial charge >= 0.3 is 0 Å². The van der Waals surface area contributed by atoms with Crippen molar-refractivity contribution in [3.8, 4) is 0 Å². The smallest absolute Gasteiger partial charge is 0.146 e. The Hall–Kier alpha value is -1.17. The number of halogens is 1. The molecule has 1 aromatic carbocycles. The Balaban J connectivity index is 2.16. The zero-order valence-corrected chi connectivity index (χ0v) is 13.0. The van der Waals surface area contributed by atoms with Gasteiger partial charge in [0.15, 0.2) is 0 Å². The molecule has 1 saturated heterocycles. The molecular formula is C16H25FN2O2. The summed E-state index contributed by atoms with van der Waals surface area (Å²) in [4.78, 5) is 1.95. The number of anilines is 1. The molecule has 1 heterocycles. The zero-order valence-electron chi connectivity index (χ0n) is 13.0. The number of ether oxygens (including phenoxy) is 1. The second-order valence-corrected chi connectivity index (χ2v) is 5.65. The molecular weight excluding hydrogens is 271 g/mol. The van der Waals surface area contributed by atoms with Gasteiger partial charge in [-0.2, -0.15) is 0 Å². The molecule has 1 aliphatic heterocycles. The molecule has 0 aromatic heterocycles. The first-order valence-corrected chi connectivity index (χ1v) is 7.59. The van der Waals surface area contributed by atoms with E-state index in [-0.39, 0.29) is 30.7 Å². The molecule has 2 rings (SSSR count). The average Bonchev–Trinajstić information content (AvgIpc) is 2.46. The lowest BCUT2D eigenvalue weighted by molar-refractivity contribution is -0.0422. The van der Waals surface area contributed by atoms with E-state index >= 15 is 0 Å². The topological polar surface area (TPSA) is 44.7 Å². The van der Waals surface area contributed by atoms with Gasteiger partial charge in [-0.3, -0.25) is 0 Å². The minimum Gasteiger partial charge on any atom is -0.394 e. The summed E-state index contributed by atoms with van der Waals surface area (Å²) in [5, 5.41) is 12.5. The van der Waals surface area contributed by atoms with E-state index in [2.05, 4.69) is 5.32 Å². The van der Waals surface area contributed by atoms with Crippen molar-refractivity contribution in [3.63, 3.8) is 0 Å². The Morgan fingerprint density at radius 2 is 2.24 bits per heavy atom. The van der Waals surface area contributed by atoms with Crippen molar-refractivity contribution in [3.05, 3.63) is 29.6 Å². The molecule has 5 heteroatoms. The highest BCUT2D eigenvalue weighted by Crippen LogP contribution is 2.26. The van der Waals surface area contributed by atoms with Crippen LogP contribution >= 0.6 is 0 Å². The molecule has 1 aliphatic rings. The number of aliphatic hydroxyl groups is 1. The van der Waals surface area contributed by atoms with E-state index in [1.807, 2.05) is 37.8 Å². The van der Waals surface area contributed by atoms with Crippen LogP contribution in [0.25, 0.3) is 0 Å². The summed E-state index contributed by atoms with van der Waals surface area (Å²) in [6.45, 7) is 7.95. The van der Waals surface area contributed by atoms with Gasteiger partial charge in [0.05, 0.1) is 24.5 Å². The summed E-state index contributed by atoms with van der Waals surface area (Å²) in [7, 11) is 0. The van der Waals surface area contributed by atoms with Crippen LogP contribution in [0.4, 0.5) is 10.1 Å². The summed E-state index contributed by atoms with van der Waals surface area (Å²) in [6, 6.07) is 5.51. The van der Waals surface area contributed by atoms with Gasteiger partial charge in [0.1, 0.15) is 5.82 Å². The summed E-state index contributed by atoms with van der Waals surface area (Å²) < 4.78 is 20.0. The van der Waals surface area contributed by atoms with Gasteiger partial charge in [0.2, 0.25) is 0 Å². The second kappa shape index (κ2) is 7.20. The highest BCUT2D eigenvalue weighted by Gasteiger charge is 2.26. The third-order valence-corrected chi connectivity index (χ3v) is 3.85. The van der Waals surface area contributed by atoms with Gasteiger partial charge in [-0.1, -0.05) is 13.0 Å². The third kappa shape index (κ3) is 3.93. The van der Waals surface area contributed by atoms with Crippen molar-refractivity contribution in [2.75, 3.05) is 31.1 Å². The first-order chi connectivity index (χ1) is 10.0. The molecule has 0 bridgehead atoms. The number of rotatable bonds is 5. The fraction of sp³-hybridized carbons (Fsp3) is 0.625. The Morgan fingerprint density at radius 1 is 1.48 bits per heavy atom. The molecule has 0 amide bonds. The first-order valence-electron chi connectivity index (χ1n) is 7.59. The lowest BCUT2D eigenvalue weighted by Crippen LogP contribution is -2.48. The summed E-state index contributed by atoms with van der Waals surface area (Å²) in [5.74, 6) is -0.219. The maximum absolute atomic E-state index is 14.4. The summed E-state index contributed by atoms with van der Waals surface area (Å²) in [6.07, 6.45) is -0.274. The lowest BCUT2D eigenvalue weighted by atomic mass is 10.1. The van der Waals surface area contributed by atoms with Gasteiger partial charge in [0, 0.05) is 19.1 Å².